The third kappa shape index (κ3) is 1.49. The minimum absolute atomic E-state index is 0.180. The third-order valence-electron chi connectivity index (χ3n) is 2.08. The van der Waals surface area contributed by atoms with Crippen molar-refractivity contribution < 1.29 is 13.2 Å². The normalized spacial score (nSPS) is 10.7. The Hall–Kier alpha value is -1.78. The first-order valence-electron chi connectivity index (χ1n) is 4.25. The maximum absolute atomic E-state index is 13.3. The second-order valence-corrected chi connectivity index (χ2v) is 3.00. The van der Waals surface area contributed by atoms with Gasteiger partial charge in [0, 0.05) is 12.4 Å². The first kappa shape index (κ1) is 9.76. The molecule has 0 aliphatic heterocycles. The van der Waals surface area contributed by atoms with Gasteiger partial charge in [0.1, 0.15) is 11.3 Å². The van der Waals surface area contributed by atoms with E-state index in [2.05, 4.69) is 10.3 Å². The molecule has 0 aliphatic rings. The molecule has 0 amide bonds. The molecule has 1 heterocycles. The Bertz CT molecular complexity index is 526. The van der Waals surface area contributed by atoms with Gasteiger partial charge in [0.25, 0.3) is 0 Å². The van der Waals surface area contributed by atoms with Crippen molar-refractivity contribution >= 4 is 16.7 Å². The Kier molecular flexibility index (Phi) is 2.22. The van der Waals surface area contributed by atoms with Gasteiger partial charge in [-0.2, -0.15) is 0 Å². The van der Waals surface area contributed by atoms with E-state index in [-0.39, 0.29) is 10.9 Å². The molecule has 0 bridgehead atoms. The third-order valence-corrected chi connectivity index (χ3v) is 2.08. The molecule has 5 heteroatoms. The lowest BCUT2D eigenvalue weighted by molar-refractivity contribution is 0.452. The zero-order valence-electron chi connectivity index (χ0n) is 7.81. The number of anilines is 1. The Morgan fingerprint density at radius 2 is 1.87 bits per heavy atom. The maximum atomic E-state index is 13.3. The van der Waals surface area contributed by atoms with Gasteiger partial charge >= 0.3 is 0 Å². The van der Waals surface area contributed by atoms with Gasteiger partial charge in [-0.25, -0.2) is 18.2 Å². The molecule has 0 unspecified atom stereocenters. The molecule has 2 nitrogen and oxygen atoms in total. The SMILES string of the molecule is CNc1ccc2cc(F)c(F)c(F)c2n1. The van der Waals surface area contributed by atoms with E-state index in [0.717, 1.165) is 6.07 Å². The lowest BCUT2D eigenvalue weighted by atomic mass is 10.2. The van der Waals surface area contributed by atoms with Crippen molar-refractivity contribution in [3.63, 3.8) is 0 Å². The van der Waals surface area contributed by atoms with Crippen molar-refractivity contribution in [2.75, 3.05) is 12.4 Å². The number of aromatic nitrogens is 1. The molecule has 1 aromatic carbocycles. The summed E-state index contributed by atoms with van der Waals surface area (Å²) in [6.07, 6.45) is 0. The zero-order chi connectivity index (χ0) is 11.0. The molecule has 0 saturated heterocycles. The van der Waals surface area contributed by atoms with Crippen molar-refractivity contribution in [2.45, 2.75) is 0 Å². The summed E-state index contributed by atoms with van der Waals surface area (Å²) >= 11 is 0. The van der Waals surface area contributed by atoms with E-state index in [1.54, 1.807) is 13.1 Å². The average Bonchev–Trinajstić information content (AvgIpc) is 2.26. The summed E-state index contributed by atoms with van der Waals surface area (Å²) in [5.41, 5.74) is -0.180. The summed E-state index contributed by atoms with van der Waals surface area (Å²) in [4.78, 5) is 3.80. The van der Waals surface area contributed by atoms with Crippen LogP contribution in [0.5, 0.6) is 0 Å². The van der Waals surface area contributed by atoms with Gasteiger partial charge in [-0.1, -0.05) is 0 Å². The average molecular weight is 212 g/mol. The highest BCUT2D eigenvalue weighted by Gasteiger charge is 2.14. The van der Waals surface area contributed by atoms with Crippen LogP contribution in [0.25, 0.3) is 10.9 Å². The first-order chi connectivity index (χ1) is 7.13. The number of pyridine rings is 1. The van der Waals surface area contributed by atoms with Crippen LogP contribution in [-0.2, 0) is 0 Å². The topological polar surface area (TPSA) is 24.9 Å². The van der Waals surface area contributed by atoms with E-state index in [1.807, 2.05) is 0 Å². The minimum Gasteiger partial charge on any atom is -0.373 e. The van der Waals surface area contributed by atoms with Crippen molar-refractivity contribution in [3.05, 3.63) is 35.7 Å². The fraction of sp³-hybridized carbons (Fsp3) is 0.100. The smallest absolute Gasteiger partial charge is 0.196 e. The number of rotatable bonds is 1. The van der Waals surface area contributed by atoms with Gasteiger partial charge in [0.15, 0.2) is 17.5 Å². The number of hydrogen-bond acceptors (Lipinski definition) is 2. The second kappa shape index (κ2) is 3.42. The standard InChI is InChI=1S/C10H7F3N2/c1-14-7-3-2-5-4-6(11)8(12)9(13)10(5)15-7/h2-4H,1H3,(H,14,15). The molecule has 1 N–H and O–H groups in total. The molecule has 0 spiro atoms. The van der Waals surface area contributed by atoms with Crippen LogP contribution in [0.4, 0.5) is 19.0 Å². The quantitative estimate of drug-likeness (QED) is 0.735. The van der Waals surface area contributed by atoms with Crippen molar-refractivity contribution in [1.82, 2.24) is 4.98 Å². The van der Waals surface area contributed by atoms with Gasteiger partial charge < -0.3 is 5.32 Å². The molecule has 1 aromatic heterocycles. The van der Waals surface area contributed by atoms with Crippen molar-refractivity contribution in [2.24, 2.45) is 0 Å². The number of hydrogen-bond donors (Lipinski definition) is 1. The number of nitrogens with one attached hydrogen (secondary N) is 1. The number of fused-ring (bicyclic) bond motifs is 1. The summed E-state index contributed by atoms with van der Waals surface area (Å²) in [6.45, 7) is 0. The first-order valence-corrected chi connectivity index (χ1v) is 4.25. The van der Waals surface area contributed by atoms with E-state index >= 15 is 0 Å². The molecule has 0 aliphatic carbocycles. The van der Waals surface area contributed by atoms with Crippen LogP contribution in [0.3, 0.4) is 0 Å². The van der Waals surface area contributed by atoms with Crippen LogP contribution in [-0.4, -0.2) is 12.0 Å². The Balaban J connectivity index is 2.81. The van der Waals surface area contributed by atoms with Crippen LogP contribution in [0.2, 0.25) is 0 Å². The van der Waals surface area contributed by atoms with Gasteiger partial charge in [-0.05, 0) is 18.2 Å². The number of halogens is 3. The lowest BCUT2D eigenvalue weighted by Crippen LogP contribution is -1.97. The highest BCUT2D eigenvalue weighted by Crippen LogP contribution is 2.22. The van der Waals surface area contributed by atoms with Crippen LogP contribution < -0.4 is 5.32 Å². The lowest BCUT2D eigenvalue weighted by Gasteiger charge is -2.04. The van der Waals surface area contributed by atoms with Crippen molar-refractivity contribution in [3.8, 4) is 0 Å². The Morgan fingerprint density at radius 1 is 1.13 bits per heavy atom. The molecule has 15 heavy (non-hydrogen) atoms. The predicted molar refractivity (Wildman–Crippen MR) is 51.2 cm³/mol. The van der Waals surface area contributed by atoms with Gasteiger partial charge in [-0.3, -0.25) is 0 Å². The second-order valence-electron chi connectivity index (χ2n) is 3.00. The highest BCUT2D eigenvalue weighted by atomic mass is 19.2. The predicted octanol–water partition coefficient (Wildman–Crippen LogP) is 2.69. The fourth-order valence-corrected chi connectivity index (χ4v) is 1.31. The van der Waals surface area contributed by atoms with E-state index in [0.29, 0.717) is 5.82 Å². The molecule has 0 saturated carbocycles. The summed E-state index contributed by atoms with van der Waals surface area (Å²) in [6, 6.07) is 3.94. The Labute approximate surface area is 83.7 Å². The highest BCUT2D eigenvalue weighted by molar-refractivity contribution is 5.81. The summed E-state index contributed by atoms with van der Waals surface area (Å²) < 4.78 is 39.0. The summed E-state index contributed by atoms with van der Waals surface area (Å²) in [5, 5.41) is 2.91. The maximum Gasteiger partial charge on any atom is 0.196 e. The molecule has 78 valence electrons. The van der Waals surface area contributed by atoms with E-state index in [1.165, 1.54) is 6.07 Å². The molecule has 0 fully saturated rings. The van der Waals surface area contributed by atoms with Crippen molar-refractivity contribution in [1.29, 1.82) is 0 Å². The van der Waals surface area contributed by atoms with E-state index < -0.39 is 17.5 Å². The molecular weight excluding hydrogens is 205 g/mol. The summed E-state index contributed by atoms with van der Waals surface area (Å²) in [5.74, 6) is -3.57. The van der Waals surface area contributed by atoms with Crippen LogP contribution in [0, 0.1) is 17.5 Å². The molecule has 0 radical (unpaired) electrons. The van der Waals surface area contributed by atoms with E-state index in [4.69, 9.17) is 0 Å². The number of benzene rings is 1. The minimum atomic E-state index is -1.50. The van der Waals surface area contributed by atoms with Crippen LogP contribution in [0.1, 0.15) is 0 Å². The fourth-order valence-electron chi connectivity index (χ4n) is 1.31. The largest absolute Gasteiger partial charge is 0.373 e. The summed E-state index contributed by atoms with van der Waals surface area (Å²) in [7, 11) is 1.60. The zero-order valence-corrected chi connectivity index (χ0v) is 7.81. The van der Waals surface area contributed by atoms with Gasteiger partial charge in [0.2, 0.25) is 0 Å². The van der Waals surface area contributed by atoms with Crippen LogP contribution >= 0.6 is 0 Å². The Morgan fingerprint density at radius 3 is 2.53 bits per heavy atom. The van der Waals surface area contributed by atoms with Crippen LogP contribution in [0.15, 0.2) is 18.2 Å². The molecule has 2 rings (SSSR count). The molecular formula is C10H7F3N2. The monoisotopic (exact) mass is 212 g/mol. The van der Waals surface area contributed by atoms with Gasteiger partial charge in [0.05, 0.1) is 0 Å². The molecule has 0 atom stereocenters. The molecule has 2 aromatic rings. The van der Waals surface area contributed by atoms with E-state index in [9.17, 15) is 13.2 Å². The number of nitrogens with zero attached hydrogens (tertiary/aromatic N) is 1. The van der Waals surface area contributed by atoms with Gasteiger partial charge in [-0.15, -0.1) is 0 Å².